The molecule has 11 nitrogen and oxygen atoms in total. The van der Waals surface area contributed by atoms with Gasteiger partial charge in [0.25, 0.3) is 5.91 Å². The van der Waals surface area contributed by atoms with Gasteiger partial charge < -0.3 is 35.1 Å². The van der Waals surface area contributed by atoms with Crippen LogP contribution >= 0.6 is 0 Å². The minimum absolute atomic E-state index is 0.0373. The highest BCUT2D eigenvalue weighted by Gasteiger charge is 2.33. The first-order chi connectivity index (χ1) is 21.4. The van der Waals surface area contributed by atoms with Gasteiger partial charge in [-0.2, -0.15) is 0 Å². The van der Waals surface area contributed by atoms with Crippen LogP contribution in [-0.4, -0.2) is 71.2 Å². The zero-order chi connectivity index (χ0) is 34.2. The van der Waals surface area contributed by atoms with Gasteiger partial charge in [-0.1, -0.05) is 26.0 Å². The molecule has 46 heavy (non-hydrogen) atoms. The molecule has 4 amide bonds. The van der Waals surface area contributed by atoms with E-state index in [9.17, 15) is 19.2 Å². The summed E-state index contributed by atoms with van der Waals surface area (Å²) >= 11 is 0. The van der Waals surface area contributed by atoms with Crippen molar-refractivity contribution in [2.24, 2.45) is 17.6 Å². The molecule has 1 saturated heterocycles. The van der Waals surface area contributed by atoms with Gasteiger partial charge in [-0.3, -0.25) is 9.59 Å². The van der Waals surface area contributed by atoms with Gasteiger partial charge in [0.1, 0.15) is 17.0 Å². The van der Waals surface area contributed by atoms with E-state index in [0.29, 0.717) is 37.6 Å². The van der Waals surface area contributed by atoms with E-state index in [0.717, 1.165) is 17.5 Å². The van der Waals surface area contributed by atoms with Gasteiger partial charge in [0.2, 0.25) is 5.91 Å². The number of benzene rings is 2. The van der Waals surface area contributed by atoms with Gasteiger partial charge in [-0.25, -0.2) is 9.59 Å². The van der Waals surface area contributed by atoms with Crippen LogP contribution in [0.2, 0.25) is 0 Å². The van der Waals surface area contributed by atoms with Crippen molar-refractivity contribution < 1.29 is 33.4 Å². The van der Waals surface area contributed by atoms with E-state index in [2.05, 4.69) is 19.2 Å². The normalized spacial score (nSPS) is 15.0. The number of hydrogen-bond donors (Lipinski definition) is 2. The Morgan fingerprint density at radius 2 is 1.61 bits per heavy atom. The first-order valence-corrected chi connectivity index (χ1v) is 15.8. The Bertz CT molecular complexity index is 1390. The van der Waals surface area contributed by atoms with Crippen LogP contribution in [0.3, 0.4) is 0 Å². The zero-order valence-electron chi connectivity index (χ0n) is 28.5. The van der Waals surface area contributed by atoms with E-state index in [1.165, 1.54) is 6.07 Å². The lowest BCUT2D eigenvalue weighted by molar-refractivity contribution is 0.0196. The van der Waals surface area contributed by atoms with Crippen molar-refractivity contribution in [3.05, 3.63) is 64.7 Å². The lowest BCUT2D eigenvalue weighted by Gasteiger charge is -2.30. The molecule has 11 heteroatoms. The highest BCUT2D eigenvalue weighted by molar-refractivity contribution is 5.99. The Labute approximate surface area is 272 Å². The van der Waals surface area contributed by atoms with Crippen molar-refractivity contribution in [1.82, 2.24) is 15.1 Å². The molecular weight excluding hydrogens is 588 g/mol. The first-order valence-electron chi connectivity index (χ1n) is 15.8. The average molecular weight is 639 g/mol. The highest BCUT2D eigenvalue weighted by atomic mass is 16.6. The molecule has 252 valence electrons. The van der Waals surface area contributed by atoms with Gasteiger partial charge in [0, 0.05) is 43.9 Å². The van der Waals surface area contributed by atoms with Gasteiger partial charge in [-0.05, 0) is 101 Å². The molecular formula is C35H50N4O7. The quantitative estimate of drug-likeness (QED) is 0.320. The van der Waals surface area contributed by atoms with E-state index >= 15 is 0 Å². The maximum atomic E-state index is 13.5. The summed E-state index contributed by atoms with van der Waals surface area (Å²) in [4.78, 5) is 54.0. The number of amides is 4. The summed E-state index contributed by atoms with van der Waals surface area (Å²) in [6, 6.07) is 11.9. The highest BCUT2D eigenvalue weighted by Crippen LogP contribution is 2.25. The topological polar surface area (TPSA) is 140 Å². The molecule has 2 aromatic carbocycles. The largest absolute Gasteiger partial charge is 0.493 e. The number of primary amides is 1. The third-order valence-corrected chi connectivity index (χ3v) is 6.91. The lowest BCUT2D eigenvalue weighted by atomic mass is 10.1. The van der Waals surface area contributed by atoms with E-state index in [4.69, 9.17) is 19.9 Å². The summed E-state index contributed by atoms with van der Waals surface area (Å²) in [6.07, 6.45) is -0.0904. The molecule has 2 aromatic rings. The van der Waals surface area contributed by atoms with E-state index in [1.54, 1.807) is 28.0 Å². The summed E-state index contributed by atoms with van der Waals surface area (Å²) < 4.78 is 17.4. The Morgan fingerprint density at radius 3 is 2.24 bits per heavy atom. The van der Waals surface area contributed by atoms with Crippen LogP contribution in [0.5, 0.6) is 5.75 Å². The molecule has 0 aliphatic carbocycles. The van der Waals surface area contributed by atoms with Crippen LogP contribution in [0.15, 0.2) is 42.5 Å². The van der Waals surface area contributed by atoms with Crippen LogP contribution in [0, 0.1) is 11.8 Å². The third kappa shape index (κ3) is 11.9. The second-order valence-electron chi connectivity index (χ2n) is 14.3. The molecule has 0 saturated carbocycles. The molecule has 1 unspecified atom stereocenters. The molecule has 0 radical (unpaired) electrons. The number of rotatable bonds is 11. The minimum Gasteiger partial charge on any atom is -0.493 e. The van der Waals surface area contributed by atoms with Gasteiger partial charge >= 0.3 is 12.2 Å². The number of hydrogen-bond acceptors (Lipinski definition) is 7. The summed E-state index contributed by atoms with van der Waals surface area (Å²) in [7, 11) is 0. The maximum Gasteiger partial charge on any atom is 0.410 e. The maximum absolute atomic E-state index is 13.5. The van der Waals surface area contributed by atoms with Crippen molar-refractivity contribution >= 4 is 24.0 Å². The summed E-state index contributed by atoms with van der Waals surface area (Å²) in [5, 5.41) is 2.90. The van der Waals surface area contributed by atoms with Crippen molar-refractivity contribution in [2.45, 2.75) is 86.1 Å². The second-order valence-corrected chi connectivity index (χ2v) is 14.3. The van der Waals surface area contributed by atoms with Crippen LogP contribution < -0.4 is 15.8 Å². The van der Waals surface area contributed by atoms with Crippen molar-refractivity contribution in [1.29, 1.82) is 0 Å². The summed E-state index contributed by atoms with van der Waals surface area (Å²) in [5.41, 5.74) is 6.22. The van der Waals surface area contributed by atoms with Gasteiger partial charge in [0.05, 0.1) is 6.61 Å². The second kappa shape index (κ2) is 15.3. The van der Waals surface area contributed by atoms with Gasteiger partial charge in [-0.15, -0.1) is 0 Å². The Morgan fingerprint density at radius 1 is 0.957 bits per heavy atom. The van der Waals surface area contributed by atoms with E-state index in [-0.39, 0.29) is 42.5 Å². The molecule has 1 fully saturated rings. The lowest BCUT2D eigenvalue weighted by Crippen LogP contribution is -2.40. The summed E-state index contributed by atoms with van der Waals surface area (Å²) in [6.45, 7) is 17.4. The number of nitrogens with two attached hydrogens (primary N) is 1. The number of nitrogens with zero attached hydrogens (tertiary/aromatic N) is 2. The fraction of sp³-hybridized carbons (Fsp3) is 0.543. The van der Waals surface area contributed by atoms with Crippen molar-refractivity contribution in [3.63, 3.8) is 0 Å². The molecule has 0 bridgehead atoms. The predicted molar refractivity (Wildman–Crippen MR) is 175 cm³/mol. The SMILES string of the molecule is CC(C)COc1cc(CNC(=O)c2cccc(C(N)=O)c2)cc(CN(CC2CCN(C(=O)OC(C)(C)C)C2)C(=O)OC(C)(C)C)c1. The Kier molecular flexibility index (Phi) is 12.1. The third-order valence-electron chi connectivity index (χ3n) is 6.91. The minimum atomic E-state index is -0.697. The number of ether oxygens (including phenoxy) is 3. The van der Waals surface area contributed by atoms with Crippen LogP contribution in [0.1, 0.15) is 93.7 Å². The molecule has 3 rings (SSSR count). The van der Waals surface area contributed by atoms with Crippen LogP contribution in [0.4, 0.5) is 9.59 Å². The average Bonchev–Trinajstić information content (AvgIpc) is 3.41. The summed E-state index contributed by atoms with van der Waals surface area (Å²) in [5.74, 6) is -0.0243. The smallest absolute Gasteiger partial charge is 0.410 e. The Balaban J connectivity index is 1.82. The molecule has 1 aliphatic heterocycles. The molecule has 3 N–H and O–H groups in total. The number of carbonyl (C=O) groups excluding carboxylic acids is 4. The fourth-order valence-electron chi connectivity index (χ4n) is 4.90. The van der Waals surface area contributed by atoms with E-state index < -0.39 is 23.2 Å². The van der Waals surface area contributed by atoms with Crippen LogP contribution in [0.25, 0.3) is 0 Å². The Hall–Kier alpha value is -4.28. The predicted octanol–water partition coefficient (Wildman–Crippen LogP) is 5.74. The van der Waals surface area contributed by atoms with Gasteiger partial charge in [0.15, 0.2) is 0 Å². The zero-order valence-corrected chi connectivity index (χ0v) is 28.5. The van der Waals surface area contributed by atoms with Crippen LogP contribution in [-0.2, 0) is 22.6 Å². The fourth-order valence-corrected chi connectivity index (χ4v) is 4.90. The monoisotopic (exact) mass is 638 g/mol. The molecule has 0 aromatic heterocycles. The number of likely N-dealkylation sites (tertiary alicyclic amines) is 1. The number of carbonyl (C=O) groups is 4. The molecule has 0 spiro atoms. The number of nitrogens with one attached hydrogen (secondary N) is 1. The van der Waals surface area contributed by atoms with Crippen molar-refractivity contribution in [3.8, 4) is 5.75 Å². The van der Waals surface area contributed by atoms with E-state index in [1.807, 2.05) is 59.7 Å². The molecule has 1 atom stereocenters. The molecule has 1 heterocycles. The first kappa shape index (κ1) is 36.2. The standard InChI is InChI=1S/C35H50N4O7/c1-23(2)22-44-29-15-25(18-37-31(41)28-11-9-10-27(17-28)30(36)40)14-26(16-29)21-39(33(43)46-35(6,7)8)20-24-12-13-38(19-24)32(42)45-34(3,4)5/h9-11,14-17,23-24H,12-13,18-22H2,1-8H3,(H2,36,40)(H,37,41). The molecule has 1 aliphatic rings. The van der Waals surface area contributed by atoms with Crippen molar-refractivity contribution in [2.75, 3.05) is 26.2 Å².